The topological polar surface area (TPSA) is 113 Å². The summed E-state index contributed by atoms with van der Waals surface area (Å²) in [7, 11) is 0. The molecule has 25 heavy (non-hydrogen) atoms. The number of hydrogen-bond donors (Lipinski definition) is 3. The van der Waals surface area contributed by atoms with E-state index in [1.807, 2.05) is 12.1 Å². The fourth-order valence-electron chi connectivity index (χ4n) is 2.21. The summed E-state index contributed by atoms with van der Waals surface area (Å²) in [4.78, 5) is 24.6. The van der Waals surface area contributed by atoms with Crippen LogP contribution in [0.2, 0.25) is 0 Å². The van der Waals surface area contributed by atoms with Crippen molar-refractivity contribution in [2.45, 2.75) is 20.4 Å². The Morgan fingerprint density at radius 1 is 1.44 bits per heavy atom. The number of nitrogens with one attached hydrogen (secondary N) is 2. The number of nitriles is 1. The first-order chi connectivity index (χ1) is 12.0. The van der Waals surface area contributed by atoms with Crippen molar-refractivity contribution in [2.24, 2.45) is 0 Å². The molecule has 0 saturated carbocycles. The summed E-state index contributed by atoms with van der Waals surface area (Å²) < 4.78 is 2.17. The smallest absolute Gasteiger partial charge is 0.270 e. The van der Waals surface area contributed by atoms with Crippen LogP contribution >= 0.6 is 11.3 Å². The van der Waals surface area contributed by atoms with Gasteiger partial charge in [-0.2, -0.15) is 5.26 Å². The second-order valence-corrected chi connectivity index (χ2v) is 6.11. The van der Waals surface area contributed by atoms with Crippen LogP contribution in [0.3, 0.4) is 0 Å². The molecule has 0 aliphatic rings. The van der Waals surface area contributed by atoms with Gasteiger partial charge in [-0.05, 0) is 32.0 Å². The number of nitrogens with zero attached hydrogens (tertiary/aromatic N) is 2. The van der Waals surface area contributed by atoms with E-state index in [9.17, 15) is 14.9 Å². The lowest BCUT2D eigenvalue weighted by atomic mass is 10.3. The maximum Gasteiger partial charge on any atom is 0.270 e. The van der Waals surface area contributed by atoms with Crippen LogP contribution in [-0.2, 0) is 11.3 Å². The highest BCUT2D eigenvalue weighted by atomic mass is 32.1. The Morgan fingerprint density at radius 3 is 2.80 bits per heavy atom. The molecule has 1 amide bonds. The highest BCUT2D eigenvalue weighted by Gasteiger charge is 2.14. The fraction of sp³-hybridized carbons (Fsp3) is 0.235. The number of aromatic nitrogens is 1. The van der Waals surface area contributed by atoms with Crippen LogP contribution in [0.25, 0.3) is 11.8 Å². The molecule has 0 spiro atoms. The maximum absolute atomic E-state index is 12.5. The first-order valence-electron chi connectivity index (χ1n) is 7.76. The minimum absolute atomic E-state index is 0.0607. The SMILES string of the molecule is CCNC(=O)/C(C#N)=c1\s/c(=C\Nc2cccc(N)c2)c(=O)n1CC. The average Bonchev–Trinajstić information content (AvgIpc) is 2.89. The third kappa shape index (κ3) is 4.08. The molecular weight excluding hydrogens is 338 g/mol. The predicted molar refractivity (Wildman–Crippen MR) is 100 cm³/mol. The first kappa shape index (κ1) is 18.3. The van der Waals surface area contributed by atoms with E-state index >= 15 is 0 Å². The molecule has 1 heterocycles. The zero-order valence-corrected chi connectivity index (χ0v) is 14.8. The second-order valence-electron chi connectivity index (χ2n) is 5.08. The Labute approximate surface area is 148 Å². The van der Waals surface area contributed by atoms with Gasteiger partial charge in [-0.15, -0.1) is 11.3 Å². The lowest BCUT2D eigenvalue weighted by molar-refractivity contribution is -0.115. The highest BCUT2D eigenvalue weighted by molar-refractivity contribution is 7.07. The van der Waals surface area contributed by atoms with Crippen LogP contribution in [0.15, 0.2) is 29.1 Å². The number of carbonyl (C=O) groups excluding carboxylic acids is 1. The van der Waals surface area contributed by atoms with Gasteiger partial charge in [-0.1, -0.05) is 6.07 Å². The summed E-state index contributed by atoms with van der Waals surface area (Å²) >= 11 is 1.10. The monoisotopic (exact) mass is 357 g/mol. The molecule has 0 aliphatic carbocycles. The van der Waals surface area contributed by atoms with Gasteiger partial charge in [0, 0.05) is 30.7 Å². The Bertz CT molecular complexity index is 997. The second kappa shape index (κ2) is 8.17. The van der Waals surface area contributed by atoms with Gasteiger partial charge < -0.3 is 16.4 Å². The Balaban J connectivity index is 2.58. The van der Waals surface area contributed by atoms with Crippen molar-refractivity contribution < 1.29 is 4.79 Å². The van der Waals surface area contributed by atoms with E-state index < -0.39 is 5.91 Å². The molecule has 8 heteroatoms. The molecule has 1 aromatic carbocycles. The summed E-state index contributed by atoms with van der Waals surface area (Å²) in [6.45, 7) is 4.32. The van der Waals surface area contributed by atoms with E-state index in [0.717, 1.165) is 17.0 Å². The molecule has 1 aromatic heterocycles. The molecule has 0 fully saturated rings. The molecule has 7 nitrogen and oxygen atoms in total. The van der Waals surface area contributed by atoms with Crippen molar-refractivity contribution in [1.29, 1.82) is 5.26 Å². The van der Waals surface area contributed by atoms with E-state index in [4.69, 9.17) is 5.73 Å². The minimum atomic E-state index is -0.483. The number of amides is 1. The molecule has 0 radical (unpaired) electrons. The zero-order chi connectivity index (χ0) is 18.4. The molecule has 0 atom stereocenters. The van der Waals surface area contributed by atoms with Gasteiger partial charge in [-0.3, -0.25) is 14.2 Å². The normalized spacial score (nSPS) is 12.4. The summed E-state index contributed by atoms with van der Waals surface area (Å²) in [5, 5.41) is 14.9. The largest absolute Gasteiger partial charge is 0.399 e. The molecule has 130 valence electrons. The molecule has 0 bridgehead atoms. The number of anilines is 2. The standard InChI is InChI=1S/C17H19N5O2S/c1-3-20-15(23)13(9-18)17-22(4-2)16(24)14(25-17)10-21-12-7-5-6-11(19)8-12/h5-8,10,21H,3-4,19H2,1-2H3,(H,20,23)/b14-10-,17-13-. The Kier molecular flexibility index (Phi) is 5.98. The lowest BCUT2D eigenvalue weighted by Gasteiger charge is -2.00. The Hall–Kier alpha value is -3.05. The number of nitrogen functional groups attached to an aromatic ring is 1. The average molecular weight is 357 g/mol. The highest BCUT2D eigenvalue weighted by Crippen LogP contribution is 2.11. The van der Waals surface area contributed by atoms with E-state index in [1.54, 1.807) is 38.2 Å². The van der Waals surface area contributed by atoms with Gasteiger partial charge in [0.1, 0.15) is 15.3 Å². The van der Waals surface area contributed by atoms with E-state index in [1.165, 1.54) is 4.57 Å². The van der Waals surface area contributed by atoms with Crippen LogP contribution in [0, 0.1) is 11.3 Å². The molecule has 0 aliphatic heterocycles. The quantitative estimate of drug-likeness (QED) is 0.661. The number of nitrogens with two attached hydrogens (primary N) is 1. The van der Waals surface area contributed by atoms with Gasteiger partial charge in [0.25, 0.3) is 11.5 Å². The van der Waals surface area contributed by atoms with Crippen molar-refractivity contribution in [2.75, 3.05) is 17.6 Å². The summed E-state index contributed by atoms with van der Waals surface area (Å²) in [6, 6.07) is 9.03. The third-order valence-electron chi connectivity index (χ3n) is 3.37. The number of rotatable bonds is 5. The summed E-state index contributed by atoms with van der Waals surface area (Å²) in [5.41, 5.74) is 6.76. The van der Waals surface area contributed by atoms with E-state index in [0.29, 0.717) is 28.0 Å². The van der Waals surface area contributed by atoms with Crippen molar-refractivity contribution in [3.63, 3.8) is 0 Å². The van der Waals surface area contributed by atoms with Crippen LogP contribution in [0.1, 0.15) is 13.8 Å². The van der Waals surface area contributed by atoms with E-state index in [2.05, 4.69) is 10.6 Å². The predicted octanol–water partition coefficient (Wildman–Crippen LogP) is 0.172. The zero-order valence-electron chi connectivity index (χ0n) is 14.0. The molecule has 4 N–H and O–H groups in total. The fourth-order valence-corrected chi connectivity index (χ4v) is 3.30. The van der Waals surface area contributed by atoms with Crippen molar-refractivity contribution in [3.05, 3.63) is 43.8 Å². The lowest BCUT2D eigenvalue weighted by Crippen LogP contribution is -2.34. The van der Waals surface area contributed by atoms with Crippen molar-refractivity contribution in [3.8, 4) is 6.07 Å². The third-order valence-corrected chi connectivity index (χ3v) is 4.50. The molecule has 2 rings (SSSR count). The molecule has 2 aromatic rings. The number of benzene rings is 1. The van der Waals surface area contributed by atoms with E-state index in [-0.39, 0.29) is 11.1 Å². The Morgan fingerprint density at radius 2 is 2.20 bits per heavy atom. The molecule has 0 saturated heterocycles. The van der Waals surface area contributed by atoms with Crippen LogP contribution in [0.5, 0.6) is 0 Å². The van der Waals surface area contributed by atoms with Gasteiger partial charge in [0.15, 0.2) is 5.57 Å². The van der Waals surface area contributed by atoms with Gasteiger partial charge in [0.05, 0.1) is 0 Å². The molecular formula is C17H19N5O2S. The molecule has 0 unspecified atom stereocenters. The maximum atomic E-state index is 12.5. The van der Waals surface area contributed by atoms with Crippen molar-refractivity contribution >= 4 is 40.4 Å². The van der Waals surface area contributed by atoms with Crippen LogP contribution in [-0.4, -0.2) is 17.0 Å². The van der Waals surface area contributed by atoms with Crippen LogP contribution < -0.4 is 31.1 Å². The van der Waals surface area contributed by atoms with Gasteiger partial charge in [-0.25, -0.2) is 0 Å². The summed E-state index contributed by atoms with van der Waals surface area (Å²) in [5.74, 6) is -0.483. The van der Waals surface area contributed by atoms with Gasteiger partial charge in [0.2, 0.25) is 0 Å². The number of thiazole rings is 1. The van der Waals surface area contributed by atoms with Crippen LogP contribution in [0.4, 0.5) is 11.4 Å². The number of carbonyl (C=O) groups is 1. The van der Waals surface area contributed by atoms with Crippen molar-refractivity contribution in [1.82, 2.24) is 9.88 Å². The number of hydrogen-bond acceptors (Lipinski definition) is 6. The summed E-state index contributed by atoms with van der Waals surface area (Å²) in [6.07, 6.45) is 1.56. The minimum Gasteiger partial charge on any atom is -0.399 e. The van der Waals surface area contributed by atoms with Gasteiger partial charge >= 0.3 is 0 Å². The first-order valence-corrected chi connectivity index (χ1v) is 8.58.